The van der Waals surface area contributed by atoms with Crippen molar-refractivity contribution in [2.75, 3.05) is 13.7 Å². The number of carbonyl (C=O) groups excluding carboxylic acids is 1. The van der Waals surface area contributed by atoms with Crippen molar-refractivity contribution in [1.29, 1.82) is 0 Å². The lowest BCUT2D eigenvalue weighted by Crippen LogP contribution is -2.44. The average Bonchev–Trinajstić information content (AvgIpc) is 2.74. The molecule has 0 bridgehead atoms. The Morgan fingerprint density at radius 3 is 2.21 bits per heavy atom. The lowest BCUT2D eigenvalue weighted by Gasteiger charge is -2.34. The van der Waals surface area contributed by atoms with Gasteiger partial charge in [0.15, 0.2) is 0 Å². The molecule has 0 spiro atoms. The van der Waals surface area contributed by atoms with Crippen LogP contribution in [0.3, 0.4) is 0 Å². The predicted molar refractivity (Wildman–Crippen MR) is 115 cm³/mol. The second-order valence-corrected chi connectivity index (χ2v) is 7.83. The second-order valence-electron chi connectivity index (χ2n) is 7.83. The van der Waals surface area contributed by atoms with Crippen LogP contribution in [-0.4, -0.2) is 35.9 Å². The van der Waals surface area contributed by atoms with Crippen molar-refractivity contribution in [2.45, 2.75) is 46.4 Å². The summed E-state index contributed by atoms with van der Waals surface area (Å²) in [5.74, 6) is 1.18. The fraction of sp³-hybridized carbons (Fsp3) is 0.458. The van der Waals surface area contributed by atoms with Crippen molar-refractivity contribution >= 4 is 6.09 Å². The van der Waals surface area contributed by atoms with Gasteiger partial charge in [-0.15, -0.1) is 0 Å². The van der Waals surface area contributed by atoms with Crippen LogP contribution in [0, 0.1) is 11.8 Å². The Labute approximate surface area is 174 Å². The highest BCUT2D eigenvalue weighted by atomic mass is 16.6. The number of rotatable bonds is 10. The van der Waals surface area contributed by atoms with Gasteiger partial charge in [0.25, 0.3) is 0 Å². The van der Waals surface area contributed by atoms with E-state index in [0.717, 1.165) is 23.3 Å². The molecule has 1 amide bonds. The Hall–Kier alpha value is -2.53. The Morgan fingerprint density at radius 2 is 1.66 bits per heavy atom. The molecule has 0 saturated heterocycles. The summed E-state index contributed by atoms with van der Waals surface area (Å²) in [6.07, 6.45) is 0.460. The summed E-state index contributed by atoms with van der Waals surface area (Å²) in [7, 11) is 1.63. The Balaban J connectivity index is 2.16. The van der Waals surface area contributed by atoms with Crippen LogP contribution >= 0.6 is 0 Å². The number of ether oxygens (including phenoxy) is 2. The first kappa shape index (κ1) is 22.8. The van der Waals surface area contributed by atoms with Crippen LogP contribution in [-0.2, 0) is 17.9 Å². The zero-order chi connectivity index (χ0) is 21.2. The normalized spacial score (nSPS) is 13.0. The highest BCUT2D eigenvalue weighted by Gasteiger charge is 2.29. The number of hydrogen-bond donors (Lipinski definition) is 1. The lowest BCUT2D eigenvalue weighted by atomic mass is 9.91. The molecule has 5 heteroatoms. The Bertz CT molecular complexity index is 730. The molecule has 0 aromatic heterocycles. The van der Waals surface area contributed by atoms with Gasteiger partial charge in [-0.3, -0.25) is 0 Å². The number of carbonyl (C=O) groups is 1. The van der Waals surface area contributed by atoms with Gasteiger partial charge in [-0.25, -0.2) is 4.79 Å². The van der Waals surface area contributed by atoms with Crippen LogP contribution < -0.4 is 4.74 Å². The number of benzene rings is 2. The molecule has 0 saturated carbocycles. The first-order chi connectivity index (χ1) is 13.9. The summed E-state index contributed by atoms with van der Waals surface area (Å²) in [5, 5.41) is 9.92. The molecule has 0 aliphatic carbocycles. The maximum absolute atomic E-state index is 13.0. The van der Waals surface area contributed by atoms with Gasteiger partial charge >= 0.3 is 6.09 Å². The van der Waals surface area contributed by atoms with E-state index in [2.05, 4.69) is 13.8 Å². The summed E-state index contributed by atoms with van der Waals surface area (Å²) in [6.45, 7) is 6.89. The van der Waals surface area contributed by atoms with E-state index >= 15 is 0 Å². The molecule has 0 aliphatic heterocycles. The van der Waals surface area contributed by atoms with Crippen molar-refractivity contribution in [3.8, 4) is 5.75 Å². The minimum Gasteiger partial charge on any atom is -0.497 e. The average molecular weight is 400 g/mol. The van der Waals surface area contributed by atoms with E-state index < -0.39 is 0 Å². The lowest BCUT2D eigenvalue weighted by molar-refractivity contribution is 0.0517. The topological polar surface area (TPSA) is 59.0 Å². The smallest absolute Gasteiger partial charge is 0.410 e. The molecule has 0 fully saturated rings. The van der Waals surface area contributed by atoms with E-state index in [1.54, 1.807) is 12.0 Å². The van der Waals surface area contributed by atoms with E-state index in [0.29, 0.717) is 12.5 Å². The standard InChI is InChI=1S/C24H33NO4/c1-18(2)14-22(16-26)19(3)25(15-20-10-12-23(28-4)13-11-20)24(27)29-17-21-8-6-5-7-9-21/h5-13,18-19,22,26H,14-17H2,1-4H3/t19-,22?/m0/s1. The van der Waals surface area contributed by atoms with Crippen molar-refractivity contribution in [1.82, 2.24) is 4.90 Å². The van der Waals surface area contributed by atoms with Gasteiger partial charge in [-0.05, 0) is 42.5 Å². The van der Waals surface area contributed by atoms with Gasteiger partial charge in [-0.1, -0.05) is 56.3 Å². The van der Waals surface area contributed by atoms with Crippen molar-refractivity contribution in [3.63, 3.8) is 0 Å². The third kappa shape index (κ3) is 7.09. The number of hydrogen-bond acceptors (Lipinski definition) is 4. The molecule has 0 radical (unpaired) electrons. The summed E-state index contributed by atoms with van der Waals surface area (Å²) >= 11 is 0. The first-order valence-electron chi connectivity index (χ1n) is 10.2. The quantitative estimate of drug-likeness (QED) is 0.619. The SMILES string of the molecule is COc1ccc(CN(C(=O)OCc2ccccc2)[C@@H](C)C(CO)CC(C)C)cc1. The molecular formula is C24H33NO4. The van der Waals surface area contributed by atoms with E-state index in [4.69, 9.17) is 9.47 Å². The molecule has 5 nitrogen and oxygen atoms in total. The van der Waals surface area contributed by atoms with Gasteiger partial charge in [0.2, 0.25) is 0 Å². The molecule has 1 N–H and O–H groups in total. The minimum absolute atomic E-state index is 0.0162. The van der Waals surface area contributed by atoms with Crippen LogP contribution in [0.25, 0.3) is 0 Å². The molecule has 1 unspecified atom stereocenters. The van der Waals surface area contributed by atoms with Crippen LogP contribution in [0.4, 0.5) is 4.79 Å². The van der Waals surface area contributed by atoms with E-state index in [-0.39, 0.29) is 31.3 Å². The first-order valence-corrected chi connectivity index (χ1v) is 10.2. The number of aliphatic hydroxyl groups is 1. The molecule has 0 heterocycles. The largest absolute Gasteiger partial charge is 0.497 e. The number of amides is 1. The van der Waals surface area contributed by atoms with Crippen LogP contribution in [0.2, 0.25) is 0 Å². The fourth-order valence-electron chi connectivity index (χ4n) is 3.39. The highest BCUT2D eigenvalue weighted by molar-refractivity contribution is 5.68. The third-order valence-corrected chi connectivity index (χ3v) is 5.13. The van der Waals surface area contributed by atoms with Gasteiger partial charge in [-0.2, -0.15) is 0 Å². The van der Waals surface area contributed by atoms with Gasteiger partial charge < -0.3 is 19.5 Å². The summed E-state index contributed by atoms with van der Waals surface area (Å²) in [5.41, 5.74) is 1.93. The zero-order valence-electron chi connectivity index (χ0n) is 17.9. The molecule has 0 aliphatic rings. The summed E-state index contributed by atoms with van der Waals surface area (Å²) in [6, 6.07) is 17.1. The summed E-state index contributed by atoms with van der Waals surface area (Å²) in [4.78, 5) is 14.7. The molecule has 2 aromatic rings. The van der Waals surface area contributed by atoms with Gasteiger partial charge in [0.1, 0.15) is 12.4 Å². The van der Waals surface area contributed by atoms with E-state index in [1.807, 2.05) is 61.5 Å². The Morgan fingerprint density at radius 1 is 1.00 bits per heavy atom. The second kappa shape index (κ2) is 11.5. The molecule has 2 aromatic carbocycles. The van der Waals surface area contributed by atoms with Crippen LogP contribution in [0.5, 0.6) is 5.75 Å². The fourth-order valence-corrected chi connectivity index (χ4v) is 3.39. The maximum Gasteiger partial charge on any atom is 0.410 e. The number of methoxy groups -OCH3 is 1. The van der Waals surface area contributed by atoms with Crippen molar-refractivity contribution in [3.05, 3.63) is 65.7 Å². The van der Waals surface area contributed by atoms with E-state index in [9.17, 15) is 9.90 Å². The van der Waals surface area contributed by atoms with E-state index in [1.165, 1.54) is 0 Å². The molecule has 2 atom stereocenters. The molecular weight excluding hydrogens is 366 g/mol. The van der Waals surface area contributed by atoms with Crippen LogP contribution in [0.15, 0.2) is 54.6 Å². The Kier molecular flexibility index (Phi) is 9.00. The molecule has 2 rings (SSSR count). The number of nitrogens with zero attached hydrogens (tertiary/aromatic N) is 1. The highest BCUT2D eigenvalue weighted by Crippen LogP contribution is 2.23. The van der Waals surface area contributed by atoms with Crippen molar-refractivity contribution < 1.29 is 19.4 Å². The monoisotopic (exact) mass is 399 g/mol. The zero-order valence-corrected chi connectivity index (χ0v) is 17.9. The van der Waals surface area contributed by atoms with Gasteiger partial charge in [0.05, 0.1) is 7.11 Å². The van der Waals surface area contributed by atoms with Crippen LogP contribution in [0.1, 0.15) is 38.3 Å². The molecule has 158 valence electrons. The third-order valence-electron chi connectivity index (χ3n) is 5.13. The predicted octanol–water partition coefficient (Wildman–Crippen LogP) is 4.88. The number of aliphatic hydroxyl groups excluding tert-OH is 1. The summed E-state index contributed by atoms with van der Waals surface area (Å²) < 4.78 is 10.8. The molecule has 29 heavy (non-hydrogen) atoms. The van der Waals surface area contributed by atoms with Gasteiger partial charge in [0, 0.05) is 25.1 Å². The van der Waals surface area contributed by atoms with Crippen molar-refractivity contribution in [2.24, 2.45) is 11.8 Å². The maximum atomic E-state index is 13.0. The minimum atomic E-state index is -0.376.